The molecule has 0 saturated heterocycles. The van der Waals surface area contributed by atoms with Crippen molar-refractivity contribution in [2.24, 2.45) is 5.73 Å². The maximum absolute atomic E-state index is 12.0. The first-order chi connectivity index (χ1) is 7.69. The SMILES string of the molecule is CCOc1cc(C(=N)N)ccc1OCCF. The van der Waals surface area contributed by atoms with Gasteiger partial charge in [0.05, 0.1) is 6.61 Å². The Balaban J connectivity index is 2.94. The van der Waals surface area contributed by atoms with Crippen LogP contribution in [0.1, 0.15) is 12.5 Å². The Morgan fingerprint density at radius 3 is 2.69 bits per heavy atom. The minimum atomic E-state index is -0.556. The molecule has 0 saturated carbocycles. The summed E-state index contributed by atoms with van der Waals surface area (Å²) in [7, 11) is 0. The Morgan fingerprint density at radius 1 is 1.38 bits per heavy atom. The minimum Gasteiger partial charge on any atom is -0.490 e. The third kappa shape index (κ3) is 3.12. The highest BCUT2D eigenvalue weighted by Crippen LogP contribution is 2.28. The van der Waals surface area contributed by atoms with Gasteiger partial charge < -0.3 is 15.2 Å². The maximum Gasteiger partial charge on any atom is 0.161 e. The van der Waals surface area contributed by atoms with Crippen LogP contribution in [0.5, 0.6) is 11.5 Å². The maximum atomic E-state index is 12.0. The molecule has 0 aliphatic heterocycles. The Bertz CT molecular complexity index is 369. The van der Waals surface area contributed by atoms with E-state index in [0.717, 1.165) is 0 Å². The zero-order chi connectivity index (χ0) is 12.0. The summed E-state index contributed by atoms with van der Waals surface area (Å²) in [5, 5.41) is 7.29. The second-order valence-corrected chi connectivity index (χ2v) is 3.05. The van der Waals surface area contributed by atoms with Crippen LogP contribution in [0.3, 0.4) is 0 Å². The molecule has 16 heavy (non-hydrogen) atoms. The van der Waals surface area contributed by atoms with E-state index in [0.29, 0.717) is 23.7 Å². The zero-order valence-corrected chi connectivity index (χ0v) is 9.13. The first kappa shape index (κ1) is 12.3. The van der Waals surface area contributed by atoms with E-state index in [2.05, 4.69) is 0 Å². The van der Waals surface area contributed by atoms with Crippen molar-refractivity contribution in [2.45, 2.75) is 6.92 Å². The fourth-order valence-corrected chi connectivity index (χ4v) is 1.21. The van der Waals surface area contributed by atoms with Gasteiger partial charge in [0, 0.05) is 5.56 Å². The van der Waals surface area contributed by atoms with Gasteiger partial charge in [-0.2, -0.15) is 0 Å². The molecule has 0 fully saturated rings. The number of ether oxygens (including phenoxy) is 2. The number of rotatable bonds is 6. The van der Waals surface area contributed by atoms with Gasteiger partial charge in [-0.3, -0.25) is 5.41 Å². The molecule has 0 spiro atoms. The Labute approximate surface area is 93.7 Å². The Morgan fingerprint density at radius 2 is 2.12 bits per heavy atom. The average Bonchev–Trinajstić information content (AvgIpc) is 2.27. The second kappa shape index (κ2) is 5.95. The van der Waals surface area contributed by atoms with Gasteiger partial charge in [-0.15, -0.1) is 0 Å². The lowest BCUT2D eigenvalue weighted by molar-refractivity contribution is 0.251. The second-order valence-electron chi connectivity index (χ2n) is 3.05. The fourth-order valence-electron chi connectivity index (χ4n) is 1.21. The highest BCUT2D eigenvalue weighted by Gasteiger charge is 2.07. The Kier molecular flexibility index (Phi) is 4.57. The molecule has 0 aromatic heterocycles. The molecule has 4 nitrogen and oxygen atoms in total. The minimum absolute atomic E-state index is 0.0144. The van der Waals surface area contributed by atoms with Crippen LogP contribution in [0.4, 0.5) is 4.39 Å². The van der Waals surface area contributed by atoms with Crippen molar-refractivity contribution in [1.82, 2.24) is 0 Å². The van der Waals surface area contributed by atoms with Gasteiger partial charge in [-0.25, -0.2) is 4.39 Å². The topological polar surface area (TPSA) is 68.3 Å². The molecule has 88 valence electrons. The van der Waals surface area contributed by atoms with Crippen LogP contribution in [0.2, 0.25) is 0 Å². The molecule has 1 aromatic rings. The summed E-state index contributed by atoms with van der Waals surface area (Å²) in [5.74, 6) is 0.895. The van der Waals surface area contributed by atoms with Crippen LogP contribution in [0, 0.1) is 5.41 Å². The predicted octanol–water partition coefficient (Wildman–Crippen LogP) is 1.72. The number of halogens is 1. The number of alkyl halides is 1. The summed E-state index contributed by atoms with van der Waals surface area (Å²) in [6, 6.07) is 4.87. The number of benzene rings is 1. The van der Waals surface area contributed by atoms with Crippen molar-refractivity contribution in [3.05, 3.63) is 23.8 Å². The molecule has 0 heterocycles. The van der Waals surface area contributed by atoms with Gasteiger partial charge in [0.1, 0.15) is 19.1 Å². The monoisotopic (exact) mass is 226 g/mol. The van der Waals surface area contributed by atoms with E-state index in [1.54, 1.807) is 18.2 Å². The molecule has 0 aliphatic rings. The Hall–Kier alpha value is -1.78. The van der Waals surface area contributed by atoms with E-state index >= 15 is 0 Å². The summed E-state index contributed by atoms with van der Waals surface area (Å²) in [6.07, 6.45) is 0. The average molecular weight is 226 g/mol. The highest BCUT2D eigenvalue weighted by atomic mass is 19.1. The first-order valence-corrected chi connectivity index (χ1v) is 4.99. The van der Waals surface area contributed by atoms with Gasteiger partial charge >= 0.3 is 0 Å². The smallest absolute Gasteiger partial charge is 0.161 e. The lowest BCUT2D eigenvalue weighted by atomic mass is 10.2. The van der Waals surface area contributed by atoms with Crippen molar-refractivity contribution in [3.63, 3.8) is 0 Å². The summed E-state index contributed by atoms with van der Waals surface area (Å²) < 4.78 is 22.5. The van der Waals surface area contributed by atoms with Crippen LogP contribution in [0.15, 0.2) is 18.2 Å². The van der Waals surface area contributed by atoms with E-state index in [-0.39, 0.29) is 12.4 Å². The van der Waals surface area contributed by atoms with Crippen LogP contribution in [0.25, 0.3) is 0 Å². The summed E-state index contributed by atoms with van der Waals surface area (Å²) in [4.78, 5) is 0. The number of nitrogen functional groups attached to an aromatic ring is 1. The van der Waals surface area contributed by atoms with Crippen LogP contribution in [-0.2, 0) is 0 Å². The normalized spacial score (nSPS) is 9.88. The molecule has 0 atom stereocenters. The number of nitrogens with one attached hydrogen (secondary N) is 1. The van der Waals surface area contributed by atoms with E-state index in [4.69, 9.17) is 20.6 Å². The van der Waals surface area contributed by atoms with E-state index in [1.807, 2.05) is 6.92 Å². The quantitative estimate of drug-likeness (QED) is 0.573. The fraction of sp³-hybridized carbons (Fsp3) is 0.364. The predicted molar refractivity (Wildman–Crippen MR) is 60.1 cm³/mol. The molecule has 0 unspecified atom stereocenters. The number of hydrogen-bond acceptors (Lipinski definition) is 3. The van der Waals surface area contributed by atoms with Gasteiger partial charge in [0.25, 0.3) is 0 Å². The molecular formula is C11H15FN2O2. The van der Waals surface area contributed by atoms with E-state index in [9.17, 15) is 4.39 Å². The summed E-state index contributed by atoms with van der Waals surface area (Å²) in [5.41, 5.74) is 5.91. The standard InChI is InChI=1S/C11H15FN2O2/c1-2-15-10-7-8(11(13)14)3-4-9(10)16-6-5-12/h3-4,7H,2,5-6H2,1H3,(H3,13,14). The van der Waals surface area contributed by atoms with Crippen LogP contribution < -0.4 is 15.2 Å². The molecule has 0 aliphatic carbocycles. The first-order valence-electron chi connectivity index (χ1n) is 4.99. The molecule has 3 N–H and O–H groups in total. The van der Waals surface area contributed by atoms with Crippen LogP contribution >= 0.6 is 0 Å². The third-order valence-electron chi connectivity index (χ3n) is 1.89. The lowest BCUT2D eigenvalue weighted by Crippen LogP contribution is -2.11. The van der Waals surface area contributed by atoms with Crippen LogP contribution in [-0.4, -0.2) is 25.7 Å². The highest BCUT2D eigenvalue weighted by molar-refractivity contribution is 5.95. The molecule has 1 aromatic carbocycles. The molecule has 0 amide bonds. The third-order valence-corrected chi connectivity index (χ3v) is 1.89. The molecule has 0 radical (unpaired) electrons. The number of hydrogen-bond donors (Lipinski definition) is 2. The van der Waals surface area contributed by atoms with Crippen molar-refractivity contribution in [1.29, 1.82) is 5.41 Å². The number of amidine groups is 1. The van der Waals surface area contributed by atoms with Crippen molar-refractivity contribution in [3.8, 4) is 11.5 Å². The lowest BCUT2D eigenvalue weighted by Gasteiger charge is -2.12. The van der Waals surface area contributed by atoms with Crippen molar-refractivity contribution in [2.75, 3.05) is 19.9 Å². The number of nitrogens with two attached hydrogens (primary N) is 1. The molecular weight excluding hydrogens is 211 g/mol. The van der Waals surface area contributed by atoms with Crippen molar-refractivity contribution < 1.29 is 13.9 Å². The summed E-state index contributed by atoms with van der Waals surface area (Å²) in [6.45, 7) is 1.73. The molecule has 5 heteroatoms. The van der Waals surface area contributed by atoms with E-state index < -0.39 is 6.67 Å². The molecule has 1 rings (SSSR count). The van der Waals surface area contributed by atoms with Crippen molar-refractivity contribution >= 4 is 5.84 Å². The largest absolute Gasteiger partial charge is 0.490 e. The molecule has 0 bridgehead atoms. The van der Waals surface area contributed by atoms with Gasteiger partial charge in [-0.1, -0.05) is 0 Å². The summed E-state index contributed by atoms with van der Waals surface area (Å²) >= 11 is 0. The van der Waals surface area contributed by atoms with Gasteiger partial charge in [0.2, 0.25) is 0 Å². The van der Waals surface area contributed by atoms with Gasteiger partial charge in [0.15, 0.2) is 11.5 Å². The zero-order valence-electron chi connectivity index (χ0n) is 9.13. The van der Waals surface area contributed by atoms with E-state index in [1.165, 1.54) is 0 Å². The van der Waals surface area contributed by atoms with Gasteiger partial charge in [-0.05, 0) is 25.1 Å².